The Labute approximate surface area is 274 Å². The standard InChI is InChI=1S/C34H52O13/c1-13-7-20(44-30(43)16(13)11-35)14(2)25-19(37)9-18-15-8-24-34(47-24)29(42)21(45-31-28(41)27(40)26(39)22(12-36)46-31)10-23(38)33(34,4)17(15)5-6-32(18,25)3/h14-15,17-29,31,35-42H,5-12H2,1-4H3/t14-,15?,17?,18?,19?,20?,21+,22-,23+,24-,25?,26-,27+,28-,29+,31-,32+,33+,34+/m1/s1. The molecule has 7 aliphatic rings. The maximum Gasteiger partial charge on any atom is 0.336 e. The summed E-state index contributed by atoms with van der Waals surface area (Å²) in [5.74, 6) is -0.497. The van der Waals surface area contributed by atoms with Crippen molar-refractivity contribution in [2.75, 3.05) is 13.2 Å². The first kappa shape index (κ1) is 34.2. The molecule has 0 aromatic rings. The van der Waals surface area contributed by atoms with Gasteiger partial charge in [-0.1, -0.05) is 26.3 Å². The van der Waals surface area contributed by atoms with E-state index < -0.39 is 84.8 Å². The van der Waals surface area contributed by atoms with E-state index in [1.165, 1.54) is 0 Å². The van der Waals surface area contributed by atoms with Crippen LogP contribution in [0.25, 0.3) is 0 Å². The number of cyclic esters (lactones) is 1. The van der Waals surface area contributed by atoms with E-state index in [9.17, 15) is 45.6 Å². The van der Waals surface area contributed by atoms with Crippen LogP contribution in [0.4, 0.5) is 0 Å². The molecule has 0 bridgehead atoms. The van der Waals surface area contributed by atoms with Gasteiger partial charge < -0.3 is 59.8 Å². The lowest BCUT2D eigenvalue weighted by atomic mass is 9.43. The third kappa shape index (κ3) is 4.65. The zero-order valence-electron chi connectivity index (χ0n) is 27.5. The van der Waals surface area contributed by atoms with Crippen LogP contribution < -0.4 is 0 Å². The summed E-state index contributed by atoms with van der Waals surface area (Å²) in [4.78, 5) is 12.7. The van der Waals surface area contributed by atoms with Gasteiger partial charge in [0.15, 0.2) is 6.29 Å². The number of carbonyl (C=O) groups is 1. The number of epoxide rings is 1. The number of hydrogen-bond donors (Lipinski definition) is 8. The van der Waals surface area contributed by atoms with Crippen LogP contribution in [-0.2, 0) is 23.7 Å². The predicted molar refractivity (Wildman–Crippen MR) is 161 cm³/mol. The minimum Gasteiger partial charge on any atom is -0.458 e. The van der Waals surface area contributed by atoms with Gasteiger partial charge in [-0.15, -0.1) is 0 Å². The van der Waals surface area contributed by atoms with E-state index in [2.05, 4.69) is 13.8 Å². The number of aliphatic hydroxyl groups is 8. The monoisotopic (exact) mass is 668 g/mol. The molecule has 4 aliphatic carbocycles. The maximum absolute atomic E-state index is 12.7. The van der Waals surface area contributed by atoms with Gasteiger partial charge in [-0.25, -0.2) is 4.79 Å². The largest absolute Gasteiger partial charge is 0.458 e. The zero-order valence-corrected chi connectivity index (χ0v) is 27.5. The fourth-order valence-corrected chi connectivity index (χ4v) is 11.8. The SMILES string of the molecule is CC1=C(CO)C(=O)OC([C@@H](C)C2C(O)CC3C4C[C@H]5O[C@]56[C@@H](O)[C@@H](O[C@@H]5O[C@H](CO)[C@@H](O)[C@H](O)[C@H]5O)C[C@H](O)[C@]6(C)C4CC[C@@]32C)C1. The normalized spacial score (nSPS) is 56.2. The molecule has 3 aliphatic heterocycles. The van der Waals surface area contributed by atoms with Gasteiger partial charge >= 0.3 is 5.97 Å². The van der Waals surface area contributed by atoms with Crippen molar-refractivity contribution in [1.82, 2.24) is 0 Å². The molecule has 19 atom stereocenters. The van der Waals surface area contributed by atoms with Gasteiger partial charge in [0.1, 0.15) is 42.2 Å². The first-order chi connectivity index (χ1) is 22.1. The van der Waals surface area contributed by atoms with E-state index in [4.69, 9.17) is 18.9 Å². The quantitative estimate of drug-likeness (QED) is 0.0982. The number of aliphatic hydroxyl groups excluding tert-OH is 8. The van der Waals surface area contributed by atoms with E-state index in [1.54, 1.807) is 0 Å². The number of esters is 1. The van der Waals surface area contributed by atoms with Gasteiger partial charge in [0.2, 0.25) is 0 Å². The number of ether oxygens (including phenoxy) is 4. The molecule has 8 N–H and O–H groups in total. The predicted octanol–water partition coefficient (Wildman–Crippen LogP) is -0.865. The minimum absolute atomic E-state index is 0.0109. The number of carbonyl (C=O) groups excluding carboxylic acids is 1. The molecule has 0 aromatic heterocycles. The van der Waals surface area contributed by atoms with Crippen LogP contribution in [0.15, 0.2) is 11.1 Å². The molecule has 7 rings (SSSR count). The molecular weight excluding hydrogens is 616 g/mol. The molecule has 13 nitrogen and oxygen atoms in total. The summed E-state index contributed by atoms with van der Waals surface area (Å²) in [6.45, 7) is 7.17. The molecule has 0 radical (unpaired) electrons. The molecule has 4 saturated carbocycles. The molecule has 6 fully saturated rings. The molecule has 6 unspecified atom stereocenters. The van der Waals surface area contributed by atoms with Gasteiger partial charge in [-0.2, -0.15) is 0 Å². The second-order valence-electron chi connectivity index (χ2n) is 16.2. The number of rotatable bonds is 6. The molecular formula is C34H52O13. The van der Waals surface area contributed by atoms with Crippen molar-refractivity contribution in [3.8, 4) is 0 Å². The topological polar surface area (TPSA) is 219 Å². The Morgan fingerprint density at radius 2 is 1.70 bits per heavy atom. The van der Waals surface area contributed by atoms with Gasteiger partial charge in [0, 0.05) is 18.3 Å². The summed E-state index contributed by atoms with van der Waals surface area (Å²) in [7, 11) is 0. The van der Waals surface area contributed by atoms with E-state index in [-0.39, 0.29) is 54.1 Å². The van der Waals surface area contributed by atoms with Crippen LogP contribution in [-0.4, -0.2) is 133 Å². The minimum atomic E-state index is -1.64. The number of fused-ring (bicyclic) bond motifs is 4. The highest BCUT2D eigenvalue weighted by molar-refractivity contribution is 5.90. The Bertz CT molecular complexity index is 1270. The highest BCUT2D eigenvalue weighted by Gasteiger charge is 2.82. The summed E-state index contributed by atoms with van der Waals surface area (Å²) in [6, 6.07) is 0. The van der Waals surface area contributed by atoms with Crippen LogP contribution in [0, 0.1) is 40.4 Å². The highest BCUT2D eigenvalue weighted by atomic mass is 16.7. The Morgan fingerprint density at radius 3 is 2.36 bits per heavy atom. The second kappa shape index (κ2) is 11.7. The zero-order chi connectivity index (χ0) is 34.0. The van der Waals surface area contributed by atoms with Crippen LogP contribution >= 0.6 is 0 Å². The van der Waals surface area contributed by atoms with Crippen molar-refractivity contribution in [3.05, 3.63) is 11.1 Å². The van der Waals surface area contributed by atoms with Crippen molar-refractivity contribution < 1.29 is 64.6 Å². The van der Waals surface area contributed by atoms with E-state index in [1.807, 2.05) is 13.8 Å². The molecule has 266 valence electrons. The third-order valence-electron chi connectivity index (χ3n) is 14.3. The Kier molecular flexibility index (Phi) is 8.49. The summed E-state index contributed by atoms with van der Waals surface area (Å²) < 4.78 is 23.8. The second-order valence-corrected chi connectivity index (χ2v) is 16.2. The Hall–Kier alpha value is -1.23. The van der Waals surface area contributed by atoms with E-state index >= 15 is 0 Å². The van der Waals surface area contributed by atoms with Crippen LogP contribution in [0.1, 0.15) is 66.2 Å². The third-order valence-corrected chi connectivity index (χ3v) is 14.3. The van der Waals surface area contributed by atoms with E-state index in [0.29, 0.717) is 24.8 Å². The molecule has 13 heteroatoms. The molecule has 1 spiro atoms. The van der Waals surface area contributed by atoms with Crippen molar-refractivity contribution >= 4 is 5.97 Å². The van der Waals surface area contributed by atoms with Gasteiger partial charge in [-0.05, 0) is 67.6 Å². The van der Waals surface area contributed by atoms with E-state index in [0.717, 1.165) is 18.4 Å². The number of hydrogen-bond acceptors (Lipinski definition) is 13. The first-order valence-electron chi connectivity index (χ1n) is 17.3. The molecule has 0 aromatic carbocycles. The summed E-state index contributed by atoms with van der Waals surface area (Å²) >= 11 is 0. The van der Waals surface area contributed by atoms with Gasteiger partial charge in [0.25, 0.3) is 0 Å². The lowest BCUT2D eigenvalue weighted by Crippen LogP contribution is -2.70. The molecule has 2 saturated heterocycles. The average Bonchev–Trinajstić information content (AvgIpc) is 3.70. The molecule has 3 heterocycles. The highest BCUT2D eigenvalue weighted by Crippen LogP contribution is 2.74. The Morgan fingerprint density at radius 1 is 0.979 bits per heavy atom. The summed E-state index contributed by atoms with van der Waals surface area (Å²) in [5, 5.41) is 85.6. The first-order valence-corrected chi connectivity index (χ1v) is 17.3. The lowest BCUT2D eigenvalue weighted by molar-refractivity contribution is -0.330. The van der Waals surface area contributed by atoms with Crippen molar-refractivity contribution in [2.24, 2.45) is 40.4 Å². The van der Waals surface area contributed by atoms with Gasteiger partial charge in [-0.3, -0.25) is 0 Å². The molecule has 47 heavy (non-hydrogen) atoms. The van der Waals surface area contributed by atoms with Gasteiger partial charge in [0.05, 0.1) is 43.2 Å². The van der Waals surface area contributed by atoms with Crippen molar-refractivity contribution in [2.45, 2.75) is 139 Å². The van der Waals surface area contributed by atoms with Crippen LogP contribution in [0.2, 0.25) is 0 Å². The smallest absolute Gasteiger partial charge is 0.336 e. The Balaban J connectivity index is 1.11. The lowest BCUT2D eigenvalue weighted by Gasteiger charge is -2.62. The molecule has 0 amide bonds. The van der Waals surface area contributed by atoms with Crippen molar-refractivity contribution in [1.29, 1.82) is 0 Å². The summed E-state index contributed by atoms with van der Waals surface area (Å²) in [6.07, 6.45) is -8.60. The summed E-state index contributed by atoms with van der Waals surface area (Å²) in [5.41, 5.74) is -1.04. The van der Waals surface area contributed by atoms with Crippen LogP contribution in [0.5, 0.6) is 0 Å². The van der Waals surface area contributed by atoms with Crippen LogP contribution in [0.3, 0.4) is 0 Å². The fourth-order valence-electron chi connectivity index (χ4n) is 11.8. The average molecular weight is 669 g/mol. The fraction of sp³-hybridized carbons (Fsp3) is 0.912. The van der Waals surface area contributed by atoms with Crippen molar-refractivity contribution in [3.63, 3.8) is 0 Å². The maximum atomic E-state index is 12.7.